The number of benzene rings is 2. The van der Waals surface area contributed by atoms with E-state index >= 15 is 0 Å². The monoisotopic (exact) mass is 345 g/mol. The number of hydrogen-bond donors (Lipinski definition) is 2. The Hall–Kier alpha value is -3.14. The van der Waals surface area contributed by atoms with Crippen LogP contribution >= 0.6 is 0 Å². The average Bonchev–Trinajstić information content (AvgIpc) is 2.68. The third-order valence-corrected chi connectivity index (χ3v) is 4.39. The molecular weight excluding hydrogens is 322 g/mol. The van der Waals surface area contributed by atoms with Crippen molar-refractivity contribution in [2.45, 2.75) is 26.4 Å². The van der Waals surface area contributed by atoms with Crippen LogP contribution in [0, 0.1) is 6.92 Å². The Kier molecular flexibility index (Phi) is 5.64. The predicted molar refractivity (Wildman–Crippen MR) is 105 cm³/mol. The fraction of sp³-hybridized carbons (Fsp3) is 0.182. The van der Waals surface area contributed by atoms with Gasteiger partial charge in [-0.25, -0.2) is 4.98 Å². The summed E-state index contributed by atoms with van der Waals surface area (Å²) in [5.41, 5.74) is 4.86. The van der Waals surface area contributed by atoms with Crippen molar-refractivity contribution in [2.24, 2.45) is 0 Å². The van der Waals surface area contributed by atoms with Gasteiger partial charge in [-0.2, -0.15) is 0 Å². The molecule has 0 saturated carbocycles. The van der Waals surface area contributed by atoms with Crippen LogP contribution in [0.4, 0.5) is 5.69 Å². The molecule has 0 radical (unpaired) electrons. The molecule has 4 heteroatoms. The van der Waals surface area contributed by atoms with Gasteiger partial charge < -0.3 is 10.6 Å². The third-order valence-electron chi connectivity index (χ3n) is 4.39. The van der Waals surface area contributed by atoms with Crippen LogP contribution in [0.3, 0.4) is 0 Å². The van der Waals surface area contributed by atoms with Gasteiger partial charge in [0.05, 0.1) is 17.9 Å². The highest BCUT2D eigenvalue weighted by Gasteiger charge is 2.12. The molecule has 1 atom stereocenters. The van der Waals surface area contributed by atoms with Crippen LogP contribution in [0.1, 0.15) is 40.1 Å². The van der Waals surface area contributed by atoms with Crippen molar-refractivity contribution in [3.8, 4) is 0 Å². The SMILES string of the molecule is Cc1ccccc1CNc1ccc(C(=O)NC(C)c2ccccc2)nc1. The summed E-state index contributed by atoms with van der Waals surface area (Å²) in [5.74, 6) is -0.174. The van der Waals surface area contributed by atoms with Gasteiger partial charge in [0.2, 0.25) is 0 Å². The summed E-state index contributed by atoms with van der Waals surface area (Å²) >= 11 is 0. The first-order valence-electron chi connectivity index (χ1n) is 8.74. The lowest BCUT2D eigenvalue weighted by Gasteiger charge is -2.14. The van der Waals surface area contributed by atoms with Gasteiger partial charge in [0, 0.05) is 6.54 Å². The van der Waals surface area contributed by atoms with Gasteiger partial charge in [0.1, 0.15) is 5.69 Å². The largest absolute Gasteiger partial charge is 0.380 e. The van der Waals surface area contributed by atoms with Crippen molar-refractivity contribution >= 4 is 11.6 Å². The second-order valence-electron chi connectivity index (χ2n) is 6.32. The molecule has 26 heavy (non-hydrogen) atoms. The van der Waals surface area contributed by atoms with Crippen molar-refractivity contribution < 1.29 is 4.79 Å². The highest BCUT2D eigenvalue weighted by molar-refractivity contribution is 5.92. The molecule has 1 aromatic heterocycles. The maximum atomic E-state index is 12.4. The van der Waals surface area contributed by atoms with Gasteiger partial charge >= 0.3 is 0 Å². The molecule has 0 aliphatic carbocycles. The number of amides is 1. The van der Waals surface area contributed by atoms with E-state index in [0.717, 1.165) is 17.8 Å². The summed E-state index contributed by atoms with van der Waals surface area (Å²) in [6.07, 6.45) is 1.69. The summed E-state index contributed by atoms with van der Waals surface area (Å²) < 4.78 is 0. The maximum Gasteiger partial charge on any atom is 0.270 e. The molecule has 1 unspecified atom stereocenters. The van der Waals surface area contributed by atoms with E-state index in [1.54, 1.807) is 12.3 Å². The quantitative estimate of drug-likeness (QED) is 0.692. The second-order valence-corrected chi connectivity index (χ2v) is 6.32. The van der Waals surface area contributed by atoms with Gasteiger partial charge in [-0.05, 0) is 42.7 Å². The Morgan fingerprint density at radius 3 is 2.42 bits per heavy atom. The van der Waals surface area contributed by atoms with E-state index in [1.807, 2.05) is 55.5 Å². The Bertz CT molecular complexity index is 860. The van der Waals surface area contributed by atoms with Crippen LogP contribution < -0.4 is 10.6 Å². The smallest absolute Gasteiger partial charge is 0.270 e. The predicted octanol–water partition coefficient (Wildman–Crippen LogP) is 4.49. The lowest BCUT2D eigenvalue weighted by molar-refractivity contribution is 0.0935. The number of nitrogens with zero attached hydrogens (tertiary/aromatic N) is 1. The van der Waals surface area contributed by atoms with Crippen molar-refractivity contribution in [3.63, 3.8) is 0 Å². The zero-order valence-corrected chi connectivity index (χ0v) is 15.1. The molecule has 0 fully saturated rings. The van der Waals surface area contributed by atoms with E-state index in [1.165, 1.54) is 11.1 Å². The molecule has 132 valence electrons. The summed E-state index contributed by atoms with van der Waals surface area (Å²) in [6.45, 7) is 4.78. The lowest BCUT2D eigenvalue weighted by atomic mass is 10.1. The summed E-state index contributed by atoms with van der Waals surface area (Å²) in [4.78, 5) is 16.7. The normalized spacial score (nSPS) is 11.6. The van der Waals surface area contributed by atoms with Gasteiger partial charge in [0.25, 0.3) is 5.91 Å². The van der Waals surface area contributed by atoms with Crippen molar-refractivity contribution in [1.29, 1.82) is 0 Å². The summed E-state index contributed by atoms with van der Waals surface area (Å²) in [7, 11) is 0. The molecule has 1 heterocycles. The van der Waals surface area contributed by atoms with E-state index in [9.17, 15) is 4.79 Å². The van der Waals surface area contributed by atoms with E-state index in [2.05, 4.69) is 34.7 Å². The summed E-state index contributed by atoms with van der Waals surface area (Å²) in [6, 6.07) is 21.7. The first-order valence-corrected chi connectivity index (χ1v) is 8.74. The van der Waals surface area contributed by atoms with Crippen molar-refractivity contribution in [3.05, 3.63) is 95.3 Å². The minimum absolute atomic E-state index is 0.0654. The molecular formula is C22H23N3O. The Balaban J connectivity index is 1.58. The first kappa shape index (κ1) is 17.7. The van der Waals surface area contributed by atoms with E-state index in [4.69, 9.17) is 0 Å². The van der Waals surface area contributed by atoms with Gasteiger partial charge in [-0.15, -0.1) is 0 Å². The van der Waals surface area contributed by atoms with Crippen molar-refractivity contribution in [2.75, 3.05) is 5.32 Å². The number of pyridine rings is 1. The Morgan fingerprint density at radius 1 is 1.00 bits per heavy atom. The van der Waals surface area contributed by atoms with Gasteiger partial charge in [-0.3, -0.25) is 4.79 Å². The molecule has 0 saturated heterocycles. The molecule has 0 spiro atoms. The van der Waals surface area contributed by atoms with Crippen LogP contribution in [0.15, 0.2) is 72.9 Å². The van der Waals surface area contributed by atoms with E-state index in [-0.39, 0.29) is 11.9 Å². The Morgan fingerprint density at radius 2 is 1.73 bits per heavy atom. The van der Waals surface area contributed by atoms with Gasteiger partial charge in [0.15, 0.2) is 0 Å². The number of carbonyl (C=O) groups is 1. The zero-order valence-electron chi connectivity index (χ0n) is 15.1. The van der Waals surface area contributed by atoms with E-state index in [0.29, 0.717) is 5.69 Å². The molecule has 2 aromatic carbocycles. The third kappa shape index (κ3) is 4.48. The molecule has 3 rings (SSSR count). The molecule has 0 aliphatic heterocycles. The highest BCUT2D eigenvalue weighted by Crippen LogP contribution is 2.14. The number of carbonyl (C=O) groups excluding carboxylic acids is 1. The highest BCUT2D eigenvalue weighted by atomic mass is 16.1. The first-order chi connectivity index (χ1) is 12.6. The standard InChI is InChI=1S/C22H23N3O/c1-16-8-6-7-11-19(16)14-23-20-12-13-21(24-15-20)22(26)25-17(2)18-9-4-3-5-10-18/h3-13,15,17,23H,14H2,1-2H3,(H,25,26). The van der Waals surface area contributed by atoms with Crippen LogP contribution in [0.25, 0.3) is 0 Å². The molecule has 1 amide bonds. The minimum Gasteiger partial charge on any atom is -0.380 e. The number of aromatic nitrogens is 1. The van der Waals surface area contributed by atoms with Crippen LogP contribution in [-0.2, 0) is 6.54 Å². The topological polar surface area (TPSA) is 54.0 Å². The lowest BCUT2D eigenvalue weighted by Crippen LogP contribution is -2.27. The number of hydrogen-bond acceptors (Lipinski definition) is 3. The minimum atomic E-state index is -0.174. The van der Waals surface area contributed by atoms with Crippen LogP contribution in [-0.4, -0.2) is 10.9 Å². The number of aryl methyl sites for hydroxylation is 1. The number of anilines is 1. The zero-order chi connectivity index (χ0) is 18.4. The number of nitrogens with one attached hydrogen (secondary N) is 2. The molecule has 0 aliphatic rings. The maximum absolute atomic E-state index is 12.4. The fourth-order valence-electron chi connectivity index (χ4n) is 2.73. The van der Waals surface area contributed by atoms with Crippen molar-refractivity contribution in [1.82, 2.24) is 10.3 Å². The number of rotatable bonds is 6. The van der Waals surface area contributed by atoms with Crippen LogP contribution in [0.2, 0.25) is 0 Å². The molecule has 4 nitrogen and oxygen atoms in total. The average molecular weight is 345 g/mol. The second kappa shape index (κ2) is 8.30. The molecule has 2 N–H and O–H groups in total. The molecule has 0 bridgehead atoms. The molecule has 3 aromatic rings. The van der Waals surface area contributed by atoms with E-state index < -0.39 is 0 Å². The van der Waals surface area contributed by atoms with Crippen LogP contribution in [0.5, 0.6) is 0 Å². The summed E-state index contributed by atoms with van der Waals surface area (Å²) in [5, 5.41) is 6.32. The van der Waals surface area contributed by atoms with Gasteiger partial charge in [-0.1, -0.05) is 54.6 Å². The Labute approximate surface area is 154 Å². The fourth-order valence-corrected chi connectivity index (χ4v) is 2.73.